The van der Waals surface area contributed by atoms with Gasteiger partial charge in [-0.2, -0.15) is 4.31 Å². The summed E-state index contributed by atoms with van der Waals surface area (Å²) in [7, 11) is -3.21. The zero-order valence-corrected chi connectivity index (χ0v) is 9.42. The van der Waals surface area contributed by atoms with Gasteiger partial charge >= 0.3 is 0 Å². The number of aliphatic hydroxyl groups excluding tert-OH is 1. The van der Waals surface area contributed by atoms with Crippen LogP contribution in [-0.2, 0) is 14.8 Å². The number of aliphatic hydroxyl groups is 1. The van der Waals surface area contributed by atoms with Gasteiger partial charge in [0, 0.05) is 13.1 Å². The van der Waals surface area contributed by atoms with E-state index in [-0.39, 0.29) is 23.9 Å². The number of ether oxygens (including phenoxy) is 1. The molecule has 0 aromatic heterocycles. The number of rotatable bonds is 3. The molecule has 5 nitrogen and oxygen atoms in total. The fraction of sp³-hybridized carbons (Fsp3) is 1.00. The van der Waals surface area contributed by atoms with Crippen LogP contribution in [0.15, 0.2) is 0 Å². The topological polar surface area (TPSA) is 66.8 Å². The lowest BCUT2D eigenvalue weighted by Crippen LogP contribution is -2.47. The number of halogens is 1. The summed E-state index contributed by atoms with van der Waals surface area (Å²) in [5.41, 5.74) is 0. The van der Waals surface area contributed by atoms with E-state index in [9.17, 15) is 8.42 Å². The number of hydrogen-bond donors (Lipinski definition) is 1. The Morgan fingerprint density at radius 3 is 2.85 bits per heavy atom. The van der Waals surface area contributed by atoms with Gasteiger partial charge in [-0.05, 0) is 0 Å². The third-order valence-electron chi connectivity index (χ3n) is 1.84. The Hall–Kier alpha value is 0.310. The summed E-state index contributed by atoms with van der Waals surface area (Å²) in [5.74, 6) is 0. The first-order valence-corrected chi connectivity index (χ1v) is 6.59. The Kier molecular flexibility index (Phi) is 4.11. The van der Waals surface area contributed by atoms with E-state index in [0.717, 1.165) is 0 Å². The monoisotopic (exact) mass is 273 g/mol. The second kappa shape index (κ2) is 4.70. The van der Waals surface area contributed by atoms with Gasteiger partial charge in [0.15, 0.2) is 0 Å². The van der Waals surface area contributed by atoms with Crippen LogP contribution < -0.4 is 0 Å². The molecule has 0 spiro atoms. The third kappa shape index (κ3) is 2.88. The Morgan fingerprint density at radius 1 is 1.62 bits per heavy atom. The SMILES string of the molecule is O=S(=O)(CBr)N1CCOC(CO)C1. The van der Waals surface area contributed by atoms with E-state index >= 15 is 0 Å². The van der Waals surface area contributed by atoms with Crippen LogP contribution >= 0.6 is 15.9 Å². The fourth-order valence-corrected chi connectivity index (χ4v) is 2.88. The van der Waals surface area contributed by atoms with Gasteiger partial charge in [-0.1, -0.05) is 15.9 Å². The predicted octanol–water partition coefficient (Wildman–Crippen LogP) is -0.638. The molecule has 1 atom stereocenters. The summed E-state index contributed by atoms with van der Waals surface area (Å²) in [4.78, 5) is 0. The van der Waals surface area contributed by atoms with E-state index in [2.05, 4.69) is 15.9 Å². The summed E-state index contributed by atoms with van der Waals surface area (Å²) in [6.45, 7) is 0.806. The average molecular weight is 274 g/mol. The second-order valence-electron chi connectivity index (χ2n) is 2.75. The quantitative estimate of drug-likeness (QED) is 0.695. The summed E-state index contributed by atoms with van der Waals surface area (Å²) in [6, 6.07) is 0. The van der Waals surface area contributed by atoms with E-state index < -0.39 is 10.0 Å². The van der Waals surface area contributed by atoms with E-state index in [0.29, 0.717) is 13.2 Å². The van der Waals surface area contributed by atoms with Crippen LogP contribution in [0.4, 0.5) is 0 Å². The van der Waals surface area contributed by atoms with Gasteiger partial charge in [-0.15, -0.1) is 0 Å². The lowest BCUT2D eigenvalue weighted by molar-refractivity contribution is -0.0303. The molecule has 1 heterocycles. The Balaban J connectivity index is 2.61. The minimum absolute atomic E-state index is 0.0852. The van der Waals surface area contributed by atoms with Crippen LogP contribution in [0.5, 0.6) is 0 Å². The summed E-state index contributed by atoms with van der Waals surface area (Å²) in [5, 5.41) is 8.79. The standard InChI is InChI=1S/C6H12BrNO4S/c7-5-13(10,11)8-1-2-12-6(3-8)4-9/h6,9H,1-5H2. The molecule has 0 saturated carbocycles. The van der Waals surface area contributed by atoms with Gasteiger partial charge in [0.05, 0.1) is 19.3 Å². The highest BCUT2D eigenvalue weighted by atomic mass is 79.9. The number of alkyl halides is 1. The molecule has 1 unspecified atom stereocenters. The largest absolute Gasteiger partial charge is 0.394 e. The molecule has 1 N–H and O–H groups in total. The van der Waals surface area contributed by atoms with Crippen LogP contribution in [-0.4, -0.2) is 54.9 Å². The lowest BCUT2D eigenvalue weighted by atomic mass is 10.3. The molecular weight excluding hydrogens is 262 g/mol. The zero-order valence-electron chi connectivity index (χ0n) is 7.02. The molecule has 78 valence electrons. The van der Waals surface area contributed by atoms with Gasteiger partial charge in [0.1, 0.15) is 4.66 Å². The van der Waals surface area contributed by atoms with Crippen molar-refractivity contribution in [3.63, 3.8) is 0 Å². The number of sulfonamides is 1. The highest BCUT2D eigenvalue weighted by Crippen LogP contribution is 2.11. The molecule has 0 aliphatic carbocycles. The van der Waals surface area contributed by atoms with Crippen molar-refractivity contribution in [2.75, 3.05) is 31.0 Å². The predicted molar refractivity (Wildman–Crippen MR) is 51.1 cm³/mol. The molecule has 1 aliphatic heterocycles. The summed E-state index contributed by atoms with van der Waals surface area (Å²) >= 11 is 2.92. The number of morpholine rings is 1. The Labute approximate surface area is 85.9 Å². The van der Waals surface area contributed by atoms with Crippen molar-refractivity contribution in [3.8, 4) is 0 Å². The lowest BCUT2D eigenvalue weighted by Gasteiger charge is -2.30. The van der Waals surface area contributed by atoms with Gasteiger partial charge < -0.3 is 9.84 Å². The molecule has 13 heavy (non-hydrogen) atoms. The number of hydrogen-bond acceptors (Lipinski definition) is 4. The maximum atomic E-state index is 11.4. The minimum Gasteiger partial charge on any atom is -0.394 e. The van der Waals surface area contributed by atoms with E-state index in [4.69, 9.17) is 9.84 Å². The molecule has 0 bridgehead atoms. The molecule has 0 radical (unpaired) electrons. The van der Waals surface area contributed by atoms with Crippen LogP contribution in [0.2, 0.25) is 0 Å². The molecule has 1 rings (SSSR count). The van der Waals surface area contributed by atoms with E-state index in [1.54, 1.807) is 0 Å². The number of nitrogens with zero attached hydrogens (tertiary/aromatic N) is 1. The van der Waals surface area contributed by atoms with Gasteiger partial charge in [0.25, 0.3) is 0 Å². The van der Waals surface area contributed by atoms with Crippen molar-refractivity contribution in [1.82, 2.24) is 4.31 Å². The molecular formula is C6H12BrNO4S. The van der Waals surface area contributed by atoms with E-state index in [1.807, 2.05) is 0 Å². The first kappa shape index (κ1) is 11.4. The first-order valence-electron chi connectivity index (χ1n) is 3.86. The Morgan fingerprint density at radius 2 is 2.31 bits per heavy atom. The van der Waals surface area contributed by atoms with Crippen molar-refractivity contribution in [2.45, 2.75) is 6.10 Å². The van der Waals surface area contributed by atoms with Crippen LogP contribution in [0.1, 0.15) is 0 Å². The Bertz CT molecular complexity index is 255. The van der Waals surface area contributed by atoms with Crippen molar-refractivity contribution in [2.24, 2.45) is 0 Å². The molecule has 1 fully saturated rings. The zero-order chi connectivity index (χ0) is 9.90. The molecule has 1 saturated heterocycles. The molecule has 1 aliphatic rings. The van der Waals surface area contributed by atoms with Crippen molar-refractivity contribution < 1.29 is 18.3 Å². The molecule has 0 aromatic rings. The maximum Gasteiger partial charge on any atom is 0.224 e. The van der Waals surface area contributed by atoms with Crippen molar-refractivity contribution >= 4 is 26.0 Å². The first-order chi connectivity index (χ1) is 6.10. The third-order valence-corrected chi connectivity index (χ3v) is 4.97. The van der Waals surface area contributed by atoms with Crippen molar-refractivity contribution in [3.05, 3.63) is 0 Å². The minimum atomic E-state index is -3.21. The van der Waals surface area contributed by atoms with Crippen LogP contribution in [0, 0.1) is 0 Å². The summed E-state index contributed by atoms with van der Waals surface area (Å²) < 4.78 is 29.1. The average Bonchev–Trinajstić information content (AvgIpc) is 2.18. The van der Waals surface area contributed by atoms with E-state index in [1.165, 1.54) is 4.31 Å². The maximum absolute atomic E-state index is 11.4. The van der Waals surface area contributed by atoms with Gasteiger partial charge in [-0.25, -0.2) is 8.42 Å². The summed E-state index contributed by atoms with van der Waals surface area (Å²) in [6.07, 6.45) is -0.387. The highest BCUT2D eigenvalue weighted by Gasteiger charge is 2.27. The van der Waals surface area contributed by atoms with Crippen LogP contribution in [0.3, 0.4) is 0 Å². The van der Waals surface area contributed by atoms with Gasteiger partial charge in [-0.3, -0.25) is 0 Å². The van der Waals surface area contributed by atoms with Crippen molar-refractivity contribution in [1.29, 1.82) is 0 Å². The van der Waals surface area contributed by atoms with Crippen LogP contribution in [0.25, 0.3) is 0 Å². The second-order valence-corrected chi connectivity index (χ2v) is 6.03. The van der Waals surface area contributed by atoms with Gasteiger partial charge in [0.2, 0.25) is 10.0 Å². The molecule has 7 heteroatoms. The highest BCUT2D eigenvalue weighted by molar-refractivity contribution is 9.10. The fourth-order valence-electron chi connectivity index (χ4n) is 1.12. The smallest absolute Gasteiger partial charge is 0.224 e. The molecule has 0 amide bonds. The normalized spacial score (nSPS) is 26.2. The molecule has 0 aromatic carbocycles.